The van der Waals surface area contributed by atoms with Gasteiger partial charge in [0.15, 0.2) is 5.82 Å². The fourth-order valence-electron chi connectivity index (χ4n) is 2.86. The third-order valence-corrected chi connectivity index (χ3v) is 6.06. The van der Waals surface area contributed by atoms with Gasteiger partial charge >= 0.3 is 0 Å². The number of hydrogen-bond acceptors (Lipinski definition) is 5. The van der Waals surface area contributed by atoms with E-state index in [1.165, 1.54) is 0 Å². The molecule has 0 bridgehead atoms. The van der Waals surface area contributed by atoms with Crippen LogP contribution in [0.5, 0.6) is 0 Å². The van der Waals surface area contributed by atoms with E-state index in [0.717, 1.165) is 5.56 Å². The van der Waals surface area contributed by atoms with Crippen LogP contribution in [0.4, 0.5) is 11.5 Å². The number of sulfonamides is 1. The second-order valence-corrected chi connectivity index (χ2v) is 9.69. The van der Waals surface area contributed by atoms with Gasteiger partial charge in [0.2, 0.25) is 0 Å². The number of benzene rings is 2. The fourth-order valence-corrected chi connectivity index (χ4v) is 4.11. The molecule has 0 aliphatic rings. The van der Waals surface area contributed by atoms with Crippen LogP contribution < -0.4 is 10.0 Å². The van der Waals surface area contributed by atoms with Gasteiger partial charge in [-0.1, -0.05) is 44.5 Å². The highest BCUT2D eigenvalue weighted by molar-refractivity contribution is 7.92. The molecule has 2 aromatic carbocycles. The molecule has 0 aliphatic heterocycles. The van der Waals surface area contributed by atoms with E-state index < -0.39 is 10.0 Å². The molecule has 3 rings (SSSR count). The Morgan fingerprint density at radius 1 is 0.966 bits per heavy atom. The Labute approximate surface area is 176 Å². The first-order valence-electron chi connectivity index (χ1n) is 9.04. The molecule has 2 N–H and O–H groups in total. The number of anilines is 2. The lowest BCUT2D eigenvalue weighted by atomic mass is 9.87. The molecule has 0 atom stereocenters. The molecule has 8 heteroatoms. The van der Waals surface area contributed by atoms with Crippen LogP contribution in [0.3, 0.4) is 0 Å². The second-order valence-electron chi connectivity index (χ2n) is 7.57. The molecule has 29 heavy (non-hydrogen) atoms. The molecule has 3 aromatic rings. The lowest BCUT2D eigenvalue weighted by molar-refractivity contribution is 0.587. The quantitative estimate of drug-likeness (QED) is 0.599. The van der Waals surface area contributed by atoms with E-state index in [1.807, 2.05) is 12.1 Å². The zero-order valence-electron chi connectivity index (χ0n) is 16.7. The standard InChI is InChI=1S/C21H23ClN4O2S/c1-21(2,3)14-5-8-16(9-6-14)29(27,28)26-18-10-7-15(22)13-17(18)19-20(23-4)25-12-11-24-19/h5-13,26H,1-4H3,(H,23,25). The third kappa shape index (κ3) is 4.68. The van der Waals surface area contributed by atoms with E-state index in [0.29, 0.717) is 27.8 Å². The van der Waals surface area contributed by atoms with Gasteiger partial charge in [0.1, 0.15) is 5.69 Å². The molecule has 0 radical (unpaired) electrons. The highest BCUT2D eigenvalue weighted by Crippen LogP contribution is 2.34. The normalized spacial score (nSPS) is 11.9. The number of aromatic nitrogens is 2. The van der Waals surface area contributed by atoms with Crippen LogP contribution in [0.15, 0.2) is 59.8 Å². The van der Waals surface area contributed by atoms with E-state index in [-0.39, 0.29) is 10.3 Å². The minimum atomic E-state index is -3.80. The third-order valence-electron chi connectivity index (χ3n) is 4.45. The molecule has 1 aromatic heterocycles. The summed E-state index contributed by atoms with van der Waals surface area (Å²) in [6.45, 7) is 6.24. The van der Waals surface area contributed by atoms with Gasteiger partial charge in [-0.2, -0.15) is 0 Å². The van der Waals surface area contributed by atoms with Crippen molar-refractivity contribution < 1.29 is 8.42 Å². The molecule has 0 spiro atoms. The van der Waals surface area contributed by atoms with Gasteiger partial charge in [-0.25, -0.2) is 13.4 Å². The predicted octanol–water partition coefficient (Wildman–Crippen LogP) is 4.94. The van der Waals surface area contributed by atoms with E-state index in [1.54, 1.807) is 49.8 Å². The van der Waals surface area contributed by atoms with Gasteiger partial charge in [0, 0.05) is 30.0 Å². The van der Waals surface area contributed by atoms with Crippen molar-refractivity contribution in [3.8, 4) is 11.3 Å². The zero-order valence-corrected chi connectivity index (χ0v) is 18.3. The fraction of sp³-hybridized carbons (Fsp3) is 0.238. The topological polar surface area (TPSA) is 84.0 Å². The molecule has 0 saturated heterocycles. The molecular weight excluding hydrogens is 408 g/mol. The summed E-state index contributed by atoms with van der Waals surface area (Å²) in [6.07, 6.45) is 3.10. The Kier molecular flexibility index (Phi) is 5.82. The molecular formula is C21H23ClN4O2S. The summed E-state index contributed by atoms with van der Waals surface area (Å²) >= 11 is 6.16. The van der Waals surface area contributed by atoms with Gasteiger partial charge in [-0.15, -0.1) is 0 Å². The molecule has 1 heterocycles. The Morgan fingerprint density at radius 3 is 2.24 bits per heavy atom. The van der Waals surface area contributed by atoms with Crippen molar-refractivity contribution in [3.63, 3.8) is 0 Å². The minimum Gasteiger partial charge on any atom is -0.371 e. The number of hydrogen-bond donors (Lipinski definition) is 2. The number of nitrogens with zero attached hydrogens (tertiary/aromatic N) is 2. The van der Waals surface area contributed by atoms with Crippen LogP contribution >= 0.6 is 11.6 Å². The van der Waals surface area contributed by atoms with Gasteiger partial charge in [0.25, 0.3) is 10.0 Å². The first-order chi connectivity index (χ1) is 13.6. The SMILES string of the molecule is CNc1nccnc1-c1cc(Cl)ccc1NS(=O)(=O)c1ccc(C(C)(C)C)cc1. The maximum Gasteiger partial charge on any atom is 0.261 e. The Balaban J connectivity index is 2.02. The molecule has 6 nitrogen and oxygen atoms in total. The van der Waals surface area contributed by atoms with E-state index in [2.05, 4.69) is 40.8 Å². The van der Waals surface area contributed by atoms with Crippen LogP contribution in [-0.2, 0) is 15.4 Å². The van der Waals surface area contributed by atoms with Crippen LogP contribution in [0.1, 0.15) is 26.3 Å². The first-order valence-corrected chi connectivity index (χ1v) is 10.9. The minimum absolute atomic E-state index is 0.0609. The van der Waals surface area contributed by atoms with Crippen molar-refractivity contribution in [1.82, 2.24) is 9.97 Å². The van der Waals surface area contributed by atoms with Crippen molar-refractivity contribution in [2.45, 2.75) is 31.1 Å². The van der Waals surface area contributed by atoms with Crippen LogP contribution in [0, 0.1) is 0 Å². The summed E-state index contributed by atoms with van der Waals surface area (Å²) in [4.78, 5) is 8.76. The van der Waals surface area contributed by atoms with Crippen molar-refractivity contribution >= 4 is 33.1 Å². The van der Waals surface area contributed by atoms with Gasteiger partial charge < -0.3 is 5.32 Å². The molecule has 0 unspecified atom stereocenters. The summed E-state index contributed by atoms with van der Waals surface area (Å²) in [5, 5.41) is 3.42. The lowest BCUT2D eigenvalue weighted by Crippen LogP contribution is -2.15. The maximum absolute atomic E-state index is 13.0. The molecule has 0 saturated carbocycles. The van der Waals surface area contributed by atoms with Crippen molar-refractivity contribution in [1.29, 1.82) is 0 Å². The number of rotatable bonds is 5. The van der Waals surface area contributed by atoms with Crippen LogP contribution in [0.2, 0.25) is 5.02 Å². The predicted molar refractivity (Wildman–Crippen MR) is 118 cm³/mol. The second kappa shape index (κ2) is 8.00. The summed E-state index contributed by atoms with van der Waals surface area (Å²) in [6, 6.07) is 11.8. The lowest BCUT2D eigenvalue weighted by Gasteiger charge is -2.19. The molecule has 152 valence electrons. The van der Waals surface area contributed by atoms with Gasteiger partial charge in [-0.3, -0.25) is 9.71 Å². The molecule has 0 aliphatic carbocycles. The summed E-state index contributed by atoms with van der Waals surface area (Å²) in [7, 11) is -2.08. The van der Waals surface area contributed by atoms with E-state index in [9.17, 15) is 8.42 Å². The van der Waals surface area contributed by atoms with Crippen LogP contribution in [-0.4, -0.2) is 25.4 Å². The monoisotopic (exact) mass is 430 g/mol. The first kappa shape index (κ1) is 21.1. The van der Waals surface area contributed by atoms with Crippen molar-refractivity contribution in [2.75, 3.05) is 17.1 Å². The summed E-state index contributed by atoms with van der Waals surface area (Å²) in [5.74, 6) is 0.518. The highest BCUT2D eigenvalue weighted by Gasteiger charge is 2.20. The number of halogens is 1. The summed E-state index contributed by atoms with van der Waals surface area (Å²) < 4.78 is 28.6. The average molecular weight is 431 g/mol. The molecule has 0 fully saturated rings. The Bertz CT molecular complexity index is 1120. The van der Waals surface area contributed by atoms with Gasteiger partial charge in [-0.05, 0) is 41.3 Å². The maximum atomic E-state index is 13.0. The van der Waals surface area contributed by atoms with Crippen molar-refractivity contribution in [2.24, 2.45) is 0 Å². The number of nitrogens with one attached hydrogen (secondary N) is 2. The smallest absolute Gasteiger partial charge is 0.261 e. The van der Waals surface area contributed by atoms with E-state index in [4.69, 9.17) is 11.6 Å². The Morgan fingerprint density at radius 2 is 1.62 bits per heavy atom. The summed E-state index contributed by atoms with van der Waals surface area (Å²) in [5.41, 5.74) is 2.39. The van der Waals surface area contributed by atoms with Crippen LogP contribution in [0.25, 0.3) is 11.3 Å². The average Bonchev–Trinajstić information content (AvgIpc) is 2.68. The largest absolute Gasteiger partial charge is 0.371 e. The molecule has 0 amide bonds. The zero-order chi connectivity index (χ0) is 21.2. The van der Waals surface area contributed by atoms with Crippen molar-refractivity contribution in [3.05, 3.63) is 65.4 Å². The Hall–Kier alpha value is -2.64. The van der Waals surface area contributed by atoms with E-state index >= 15 is 0 Å². The highest BCUT2D eigenvalue weighted by atomic mass is 35.5. The van der Waals surface area contributed by atoms with Gasteiger partial charge in [0.05, 0.1) is 10.6 Å².